The van der Waals surface area contributed by atoms with Crippen LogP contribution in [0.5, 0.6) is 0 Å². The summed E-state index contributed by atoms with van der Waals surface area (Å²) >= 11 is 0. The number of hydrogen-bond donors (Lipinski definition) is 1. The molecule has 0 aliphatic carbocycles. The van der Waals surface area contributed by atoms with E-state index in [4.69, 9.17) is 4.55 Å². The number of ether oxygens (including phenoxy) is 1. The Morgan fingerprint density at radius 2 is 2.00 bits per heavy atom. The normalized spacial score (nSPS) is 11.8. The Hall–Kier alpha value is 0.756. The van der Waals surface area contributed by atoms with Gasteiger partial charge in [-0.15, -0.1) is 0 Å². The first-order valence-corrected chi connectivity index (χ1v) is 5.13. The topological polar surface area (TPSA) is 80.7 Å². The Labute approximate surface area is 126 Å². The van der Waals surface area contributed by atoms with Crippen molar-refractivity contribution in [2.45, 2.75) is 19.8 Å². The molecule has 0 aromatic rings. The zero-order chi connectivity index (χ0) is 10.5. The second-order valence-electron chi connectivity index (χ2n) is 2.32. The van der Waals surface area contributed by atoms with Crippen LogP contribution >= 0.6 is 0 Å². The van der Waals surface area contributed by atoms with Gasteiger partial charge in [0.25, 0.3) is 0 Å². The zero-order valence-electron chi connectivity index (χ0n) is 7.48. The molecule has 0 saturated carbocycles. The van der Waals surface area contributed by atoms with E-state index in [1.54, 1.807) is 0 Å². The molecular formula is C7H13KO5S. The van der Waals surface area contributed by atoms with Crippen LogP contribution in [-0.4, -0.2) is 77.4 Å². The van der Waals surface area contributed by atoms with Gasteiger partial charge in [0.05, 0.1) is 7.11 Å². The van der Waals surface area contributed by atoms with E-state index in [1.165, 1.54) is 0 Å². The van der Waals surface area contributed by atoms with Crippen LogP contribution in [0.4, 0.5) is 0 Å². The Bertz CT molecular complexity index is 306. The van der Waals surface area contributed by atoms with Crippen molar-refractivity contribution in [1.82, 2.24) is 0 Å². The Balaban J connectivity index is 0. The van der Waals surface area contributed by atoms with Crippen LogP contribution in [0, 0.1) is 0 Å². The molecule has 0 aromatic carbocycles. The van der Waals surface area contributed by atoms with Crippen molar-refractivity contribution >= 4 is 67.5 Å². The van der Waals surface area contributed by atoms with Crippen LogP contribution in [0.3, 0.4) is 0 Å². The van der Waals surface area contributed by atoms with E-state index in [-0.39, 0.29) is 51.4 Å². The average Bonchev–Trinajstić information content (AvgIpc) is 2.02. The summed E-state index contributed by atoms with van der Waals surface area (Å²) in [4.78, 5) is 10.1. The van der Waals surface area contributed by atoms with E-state index in [2.05, 4.69) is 4.74 Å². The molecule has 78 valence electrons. The number of carbonyl (C=O) groups is 1. The van der Waals surface area contributed by atoms with Gasteiger partial charge in [-0.25, -0.2) is 4.79 Å². The summed E-state index contributed by atoms with van der Waals surface area (Å²) in [6.45, 7) is 1.81. The van der Waals surface area contributed by atoms with Gasteiger partial charge in [0.1, 0.15) is 0 Å². The van der Waals surface area contributed by atoms with Crippen molar-refractivity contribution in [3.63, 3.8) is 0 Å². The summed E-state index contributed by atoms with van der Waals surface area (Å²) in [5, 5.41) is 0. The van der Waals surface area contributed by atoms with E-state index in [0.29, 0.717) is 12.8 Å². The minimum absolute atomic E-state index is 0. The fourth-order valence-electron chi connectivity index (χ4n) is 0.670. The molecule has 0 aliphatic rings. The Morgan fingerprint density at radius 1 is 1.50 bits per heavy atom. The third-order valence-electron chi connectivity index (χ3n) is 1.28. The molecule has 0 aromatic heterocycles. The van der Waals surface area contributed by atoms with Gasteiger partial charge in [0.15, 0.2) is 4.91 Å². The first-order chi connectivity index (χ1) is 5.93. The SMILES string of the molecule is CCCC=C(C(=O)OC)S(=O)(=O)O.[KH]. The second kappa shape index (κ2) is 7.97. The first kappa shape index (κ1) is 17.2. The number of hydrogen-bond acceptors (Lipinski definition) is 4. The summed E-state index contributed by atoms with van der Waals surface area (Å²) in [5.41, 5.74) is 0. The first-order valence-electron chi connectivity index (χ1n) is 3.69. The van der Waals surface area contributed by atoms with Crippen LogP contribution in [0.25, 0.3) is 0 Å². The van der Waals surface area contributed by atoms with Crippen molar-refractivity contribution in [2.24, 2.45) is 0 Å². The molecule has 5 nitrogen and oxygen atoms in total. The zero-order valence-corrected chi connectivity index (χ0v) is 8.30. The van der Waals surface area contributed by atoms with E-state index in [1.807, 2.05) is 6.92 Å². The molecule has 1 N–H and O–H groups in total. The molecule has 0 spiro atoms. The summed E-state index contributed by atoms with van der Waals surface area (Å²) < 4.78 is 34.0. The number of esters is 1. The van der Waals surface area contributed by atoms with Crippen molar-refractivity contribution < 1.29 is 22.5 Å². The second-order valence-corrected chi connectivity index (χ2v) is 3.71. The van der Waals surface area contributed by atoms with Crippen molar-refractivity contribution in [3.05, 3.63) is 11.0 Å². The van der Waals surface area contributed by atoms with Crippen LogP contribution in [-0.2, 0) is 19.6 Å². The molecule has 0 bridgehead atoms. The van der Waals surface area contributed by atoms with Gasteiger partial charge < -0.3 is 4.74 Å². The molecule has 0 heterocycles. The molecule has 0 atom stereocenters. The third kappa shape index (κ3) is 6.28. The van der Waals surface area contributed by atoms with Crippen molar-refractivity contribution in [3.8, 4) is 0 Å². The molecule has 0 radical (unpaired) electrons. The van der Waals surface area contributed by atoms with Crippen LogP contribution in [0.2, 0.25) is 0 Å². The van der Waals surface area contributed by atoms with E-state index in [0.717, 1.165) is 13.2 Å². The molecule has 14 heavy (non-hydrogen) atoms. The minimum atomic E-state index is -4.46. The fraction of sp³-hybridized carbons (Fsp3) is 0.571. The molecule has 0 aliphatic heterocycles. The van der Waals surface area contributed by atoms with Crippen molar-refractivity contribution in [1.29, 1.82) is 0 Å². The summed E-state index contributed by atoms with van der Waals surface area (Å²) in [5.74, 6) is -1.05. The Kier molecular flexibility index (Phi) is 9.77. The Morgan fingerprint density at radius 3 is 2.29 bits per heavy atom. The molecule has 0 fully saturated rings. The van der Waals surface area contributed by atoms with Gasteiger partial charge in [0.2, 0.25) is 0 Å². The van der Waals surface area contributed by atoms with Gasteiger partial charge >= 0.3 is 67.5 Å². The quantitative estimate of drug-likeness (QED) is 0.330. The van der Waals surface area contributed by atoms with Gasteiger partial charge in [0, 0.05) is 0 Å². The standard InChI is InChI=1S/C7H12O5S.K.H/c1-3-4-5-6(7(8)12-2)13(9,10)11;;/h5H,3-4H2,1-2H3,(H,9,10,11);;. The number of unbranched alkanes of at least 4 members (excludes halogenated alkanes) is 1. The molecule has 7 heteroatoms. The van der Waals surface area contributed by atoms with Crippen LogP contribution in [0.15, 0.2) is 11.0 Å². The van der Waals surface area contributed by atoms with Crippen molar-refractivity contribution in [2.75, 3.05) is 7.11 Å². The fourth-order valence-corrected chi connectivity index (χ4v) is 1.29. The summed E-state index contributed by atoms with van der Waals surface area (Å²) in [7, 11) is -3.41. The van der Waals surface area contributed by atoms with E-state index >= 15 is 0 Å². The summed E-state index contributed by atoms with van der Waals surface area (Å²) in [6, 6.07) is 0. The monoisotopic (exact) mass is 248 g/mol. The number of allylic oxidation sites excluding steroid dienone is 1. The maximum absolute atomic E-state index is 10.8. The molecular weight excluding hydrogens is 235 g/mol. The number of carbonyl (C=O) groups excluding carboxylic acids is 1. The van der Waals surface area contributed by atoms with Gasteiger partial charge in [-0.05, 0) is 6.42 Å². The van der Waals surface area contributed by atoms with E-state index in [9.17, 15) is 13.2 Å². The molecule has 0 saturated heterocycles. The predicted octanol–water partition coefficient (Wildman–Crippen LogP) is 0.0827. The number of rotatable bonds is 4. The van der Waals surface area contributed by atoms with Gasteiger partial charge in [-0.2, -0.15) is 8.42 Å². The molecule has 0 amide bonds. The molecule has 0 rings (SSSR count). The van der Waals surface area contributed by atoms with E-state index < -0.39 is 21.0 Å². The summed E-state index contributed by atoms with van der Waals surface area (Å²) in [6.07, 6.45) is 2.21. The van der Waals surface area contributed by atoms with Crippen LogP contribution < -0.4 is 0 Å². The average molecular weight is 248 g/mol. The number of methoxy groups -OCH3 is 1. The third-order valence-corrected chi connectivity index (χ3v) is 2.17. The molecule has 0 unspecified atom stereocenters. The predicted molar refractivity (Wildman–Crippen MR) is 53.7 cm³/mol. The van der Waals surface area contributed by atoms with Gasteiger partial charge in [-0.3, -0.25) is 4.55 Å². The van der Waals surface area contributed by atoms with Crippen LogP contribution in [0.1, 0.15) is 19.8 Å². The maximum atomic E-state index is 10.8. The van der Waals surface area contributed by atoms with Gasteiger partial charge in [-0.1, -0.05) is 19.4 Å².